The Morgan fingerprint density at radius 1 is 1.48 bits per heavy atom. The zero-order valence-electron chi connectivity index (χ0n) is 11.9. The lowest BCUT2D eigenvalue weighted by atomic mass is 10.2. The Labute approximate surface area is 122 Å². The van der Waals surface area contributed by atoms with E-state index in [4.69, 9.17) is 5.26 Å². The maximum absolute atomic E-state index is 12.3. The number of nitriles is 1. The van der Waals surface area contributed by atoms with E-state index in [1.54, 1.807) is 21.6 Å². The molecule has 3 rings (SSSR count). The normalized spacial score (nSPS) is 13.8. The van der Waals surface area contributed by atoms with Gasteiger partial charge in [-0.1, -0.05) is 0 Å². The largest absolute Gasteiger partial charge is 0.335 e. The second kappa shape index (κ2) is 5.40. The van der Waals surface area contributed by atoms with Crippen molar-refractivity contribution in [3.05, 3.63) is 35.4 Å². The number of aryl methyl sites for hydroxylation is 2. The molecule has 2 aromatic heterocycles. The summed E-state index contributed by atoms with van der Waals surface area (Å²) in [6.07, 6.45) is 4.14. The molecule has 0 fully saturated rings. The summed E-state index contributed by atoms with van der Waals surface area (Å²) in [6.45, 7) is 4.36. The number of aromatic nitrogens is 4. The van der Waals surface area contributed by atoms with Crippen molar-refractivity contribution < 1.29 is 4.79 Å². The van der Waals surface area contributed by atoms with Crippen molar-refractivity contribution in [2.45, 2.75) is 33.0 Å². The third kappa shape index (κ3) is 2.79. The molecule has 0 bridgehead atoms. The van der Waals surface area contributed by atoms with E-state index in [1.165, 1.54) is 0 Å². The van der Waals surface area contributed by atoms with Crippen LogP contribution in [0.5, 0.6) is 0 Å². The zero-order chi connectivity index (χ0) is 14.8. The predicted molar refractivity (Wildman–Crippen MR) is 73.9 cm³/mol. The lowest BCUT2D eigenvalue weighted by Gasteiger charge is -2.27. The summed E-state index contributed by atoms with van der Waals surface area (Å²) >= 11 is 0. The Bertz CT molecular complexity index is 707. The summed E-state index contributed by atoms with van der Waals surface area (Å²) in [5.74, 6) is 0.106. The Morgan fingerprint density at radius 2 is 2.33 bits per heavy atom. The van der Waals surface area contributed by atoms with Crippen molar-refractivity contribution in [3.8, 4) is 6.07 Å². The highest BCUT2D eigenvalue weighted by atomic mass is 16.2. The second-order valence-corrected chi connectivity index (χ2v) is 5.20. The van der Waals surface area contributed by atoms with Crippen LogP contribution in [0, 0.1) is 18.3 Å². The van der Waals surface area contributed by atoms with Crippen LogP contribution in [-0.4, -0.2) is 36.9 Å². The first-order valence-corrected chi connectivity index (χ1v) is 6.89. The molecule has 2 aromatic rings. The van der Waals surface area contributed by atoms with Crippen LogP contribution in [0.25, 0.3) is 0 Å². The lowest BCUT2D eigenvalue weighted by Crippen LogP contribution is -2.38. The summed E-state index contributed by atoms with van der Waals surface area (Å²) in [7, 11) is 0. The van der Waals surface area contributed by atoms with Gasteiger partial charge in [-0.2, -0.15) is 15.5 Å². The predicted octanol–water partition coefficient (Wildman–Crippen LogP) is 0.692. The minimum absolute atomic E-state index is 0.106. The number of amides is 1. The van der Waals surface area contributed by atoms with Gasteiger partial charge in [0.25, 0.3) is 0 Å². The van der Waals surface area contributed by atoms with E-state index in [1.807, 2.05) is 24.1 Å². The summed E-state index contributed by atoms with van der Waals surface area (Å²) in [5.41, 5.74) is 2.42. The highest BCUT2D eigenvalue weighted by molar-refractivity contribution is 5.76. The number of hydrogen-bond donors (Lipinski definition) is 0. The molecule has 0 N–H and O–H groups in total. The lowest BCUT2D eigenvalue weighted by molar-refractivity contribution is -0.133. The fraction of sp³-hybridized carbons (Fsp3) is 0.429. The average Bonchev–Trinajstić information content (AvgIpc) is 3.09. The smallest absolute Gasteiger partial charge is 0.224 e. The van der Waals surface area contributed by atoms with Gasteiger partial charge in [0.2, 0.25) is 5.91 Å². The molecule has 0 atom stereocenters. The van der Waals surface area contributed by atoms with Crippen LogP contribution in [0.4, 0.5) is 0 Å². The SMILES string of the molecule is Cc1cnn(CCC(=O)N2CCn3nc(C#N)cc3C2)c1. The first kappa shape index (κ1) is 13.4. The molecule has 7 nitrogen and oxygen atoms in total. The van der Waals surface area contributed by atoms with Crippen molar-refractivity contribution in [2.24, 2.45) is 0 Å². The van der Waals surface area contributed by atoms with E-state index >= 15 is 0 Å². The van der Waals surface area contributed by atoms with Gasteiger partial charge in [0, 0.05) is 25.7 Å². The van der Waals surface area contributed by atoms with Crippen molar-refractivity contribution in [2.75, 3.05) is 6.54 Å². The fourth-order valence-corrected chi connectivity index (χ4v) is 2.49. The fourth-order valence-electron chi connectivity index (χ4n) is 2.49. The summed E-state index contributed by atoms with van der Waals surface area (Å²) in [5, 5.41) is 17.2. The van der Waals surface area contributed by atoms with Gasteiger partial charge in [-0.15, -0.1) is 0 Å². The highest BCUT2D eigenvalue weighted by Gasteiger charge is 2.22. The molecule has 0 aliphatic carbocycles. The second-order valence-electron chi connectivity index (χ2n) is 5.20. The maximum atomic E-state index is 12.3. The topological polar surface area (TPSA) is 79.7 Å². The number of carbonyl (C=O) groups is 1. The average molecular weight is 284 g/mol. The number of hydrogen-bond acceptors (Lipinski definition) is 4. The maximum Gasteiger partial charge on any atom is 0.224 e. The molecule has 3 heterocycles. The molecule has 0 saturated carbocycles. The van der Waals surface area contributed by atoms with E-state index < -0.39 is 0 Å². The van der Waals surface area contributed by atoms with E-state index in [9.17, 15) is 4.79 Å². The summed E-state index contributed by atoms with van der Waals surface area (Å²) < 4.78 is 3.59. The molecule has 0 radical (unpaired) electrons. The summed E-state index contributed by atoms with van der Waals surface area (Å²) in [4.78, 5) is 14.1. The Kier molecular flexibility index (Phi) is 3.44. The number of carbonyl (C=O) groups excluding carboxylic acids is 1. The number of nitrogens with zero attached hydrogens (tertiary/aromatic N) is 6. The highest BCUT2D eigenvalue weighted by Crippen LogP contribution is 2.14. The van der Waals surface area contributed by atoms with Gasteiger partial charge in [-0.05, 0) is 18.6 Å². The van der Waals surface area contributed by atoms with Crippen molar-refractivity contribution in [3.63, 3.8) is 0 Å². The Hall–Kier alpha value is -2.62. The monoisotopic (exact) mass is 284 g/mol. The van der Waals surface area contributed by atoms with Gasteiger partial charge in [-0.3, -0.25) is 14.2 Å². The van der Waals surface area contributed by atoms with Crippen LogP contribution in [-0.2, 0) is 24.4 Å². The van der Waals surface area contributed by atoms with Crippen LogP contribution in [0.2, 0.25) is 0 Å². The van der Waals surface area contributed by atoms with E-state index in [2.05, 4.69) is 10.2 Å². The summed E-state index contributed by atoms with van der Waals surface area (Å²) in [6, 6.07) is 3.78. The molecule has 0 aromatic carbocycles. The van der Waals surface area contributed by atoms with Gasteiger partial charge in [0.05, 0.1) is 25.0 Å². The quantitative estimate of drug-likeness (QED) is 0.830. The molecule has 0 spiro atoms. The number of fused-ring (bicyclic) bond motifs is 1. The minimum Gasteiger partial charge on any atom is -0.335 e. The van der Waals surface area contributed by atoms with Crippen LogP contribution >= 0.6 is 0 Å². The molecule has 1 aliphatic heterocycles. The first-order chi connectivity index (χ1) is 10.2. The minimum atomic E-state index is 0.106. The molecule has 21 heavy (non-hydrogen) atoms. The molecule has 108 valence electrons. The first-order valence-electron chi connectivity index (χ1n) is 6.89. The van der Waals surface area contributed by atoms with Gasteiger partial charge in [-0.25, -0.2) is 0 Å². The molecular formula is C14H16N6O. The molecule has 1 aliphatic rings. The van der Waals surface area contributed by atoms with Crippen molar-refractivity contribution >= 4 is 5.91 Å². The molecule has 0 unspecified atom stereocenters. The molecule has 1 amide bonds. The zero-order valence-corrected chi connectivity index (χ0v) is 11.9. The van der Waals surface area contributed by atoms with E-state index in [0.717, 1.165) is 11.3 Å². The third-order valence-electron chi connectivity index (χ3n) is 3.58. The van der Waals surface area contributed by atoms with Gasteiger partial charge in [0.15, 0.2) is 5.69 Å². The van der Waals surface area contributed by atoms with Crippen LogP contribution in [0.3, 0.4) is 0 Å². The van der Waals surface area contributed by atoms with Crippen LogP contribution in [0.15, 0.2) is 18.5 Å². The standard InChI is InChI=1S/C14H16N6O/c1-11-8-16-19(9-11)3-2-14(21)18-4-5-20-13(10-18)6-12(7-15)17-20/h6,8-9H,2-5,10H2,1H3. The molecule has 0 saturated heterocycles. The molecule has 7 heteroatoms. The van der Waals surface area contributed by atoms with E-state index in [0.29, 0.717) is 38.3 Å². The molecular weight excluding hydrogens is 268 g/mol. The van der Waals surface area contributed by atoms with Crippen molar-refractivity contribution in [1.82, 2.24) is 24.5 Å². The van der Waals surface area contributed by atoms with Gasteiger partial charge >= 0.3 is 0 Å². The van der Waals surface area contributed by atoms with Crippen LogP contribution < -0.4 is 0 Å². The Balaban J connectivity index is 1.60. The van der Waals surface area contributed by atoms with Crippen LogP contribution in [0.1, 0.15) is 23.4 Å². The van der Waals surface area contributed by atoms with Gasteiger partial charge < -0.3 is 4.90 Å². The van der Waals surface area contributed by atoms with Gasteiger partial charge in [0.1, 0.15) is 6.07 Å². The number of rotatable bonds is 3. The van der Waals surface area contributed by atoms with Crippen molar-refractivity contribution in [1.29, 1.82) is 5.26 Å². The third-order valence-corrected chi connectivity index (χ3v) is 3.58. The van der Waals surface area contributed by atoms with E-state index in [-0.39, 0.29) is 5.91 Å². The Morgan fingerprint density at radius 3 is 3.05 bits per heavy atom.